The van der Waals surface area contributed by atoms with Gasteiger partial charge in [-0.05, 0) is 130 Å². The molecule has 0 aliphatic carbocycles. The van der Waals surface area contributed by atoms with E-state index in [1.54, 1.807) is 0 Å². The molecule has 1 unspecified atom stereocenters. The molecule has 0 amide bonds. The Labute approximate surface area is 253 Å². The van der Waals surface area contributed by atoms with Gasteiger partial charge in [0.1, 0.15) is 0 Å². The summed E-state index contributed by atoms with van der Waals surface area (Å²) in [5.74, 6) is 0. The molecule has 3 aliphatic rings. The molecule has 220 valence electrons. The summed E-state index contributed by atoms with van der Waals surface area (Å²) in [5, 5.41) is 5.62. The van der Waals surface area contributed by atoms with Gasteiger partial charge in [-0.1, -0.05) is 55.4 Å². The molecule has 4 aromatic heterocycles. The lowest BCUT2D eigenvalue weighted by Crippen LogP contribution is -2.51. The van der Waals surface area contributed by atoms with Gasteiger partial charge in [0.05, 0.1) is 32.8 Å². The lowest BCUT2D eigenvalue weighted by molar-refractivity contribution is 0.327. The SMILES string of the molecule is CCc1c(CC)c2n(P)c1/C=c1/c(CC)c(CC)c3n1C1n4c(c(CC)c(CC)c4C=c4c(CC)c(CC)/c(n41)=C/2)C=3. The first-order valence-corrected chi connectivity index (χ1v) is 17.1. The fraction of sp³-hybridized carbons (Fsp3) is 0.459. The molecule has 3 aliphatic heterocycles. The van der Waals surface area contributed by atoms with Gasteiger partial charge in [-0.2, -0.15) is 0 Å². The normalized spacial score (nSPS) is 15.9. The van der Waals surface area contributed by atoms with Gasteiger partial charge < -0.3 is 18.0 Å². The van der Waals surface area contributed by atoms with Crippen molar-refractivity contribution in [3.05, 3.63) is 88.7 Å². The molecule has 0 aromatic carbocycles. The maximum atomic E-state index is 3.10. The Kier molecular flexibility index (Phi) is 6.66. The third kappa shape index (κ3) is 3.28. The van der Waals surface area contributed by atoms with Crippen molar-refractivity contribution in [2.24, 2.45) is 0 Å². The third-order valence-corrected chi connectivity index (χ3v) is 11.2. The first-order chi connectivity index (χ1) is 20.4. The van der Waals surface area contributed by atoms with Crippen LogP contribution in [0, 0.1) is 0 Å². The van der Waals surface area contributed by atoms with E-state index in [9.17, 15) is 0 Å². The maximum absolute atomic E-state index is 3.10. The summed E-state index contributed by atoms with van der Waals surface area (Å²) in [4.78, 5) is 0. The molecule has 0 saturated heterocycles. The van der Waals surface area contributed by atoms with Crippen LogP contribution >= 0.6 is 9.39 Å². The Morgan fingerprint density at radius 2 is 0.667 bits per heavy atom. The van der Waals surface area contributed by atoms with Crippen molar-refractivity contribution in [3.8, 4) is 0 Å². The summed E-state index contributed by atoms with van der Waals surface area (Å²) in [5.41, 5.74) is 17.7. The van der Waals surface area contributed by atoms with Gasteiger partial charge in [0.15, 0.2) is 6.29 Å². The highest BCUT2D eigenvalue weighted by atomic mass is 31.0. The molecule has 0 fully saturated rings. The van der Waals surface area contributed by atoms with Crippen LogP contribution in [0.25, 0.3) is 24.3 Å². The van der Waals surface area contributed by atoms with E-state index in [1.807, 2.05) is 0 Å². The molecule has 7 heterocycles. The van der Waals surface area contributed by atoms with Gasteiger partial charge in [0.25, 0.3) is 0 Å². The summed E-state index contributed by atoms with van der Waals surface area (Å²) in [7, 11) is 3.10. The maximum Gasteiger partial charge on any atom is 0.194 e. The molecule has 0 spiro atoms. The Morgan fingerprint density at radius 3 is 0.952 bits per heavy atom. The van der Waals surface area contributed by atoms with Crippen LogP contribution in [0.15, 0.2) is 0 Å². The minimum absolute atomic E-state index is 0.0566. The lowest BCUT2D eigenvalue weighted by Gasteiger charge is -2.33. The zero-order valence-corrected chi connectivity index (χ0v) is 28.1. The molecule has 4 aromatic rings. The highest BCUT2D eigenvalue weighted by Crippen LogP contribution is 2.35. The summed E-state index contributed by atoms with van der Waals surface area (Å²) in [6, 6.07) is 0. The first-order valence-electron chi connectivity index (χ1n) is 16.6. The van der Waals surface area contributed by atoms with Crippen LogP contribution in [0.3, 0.4) is 0 Å². The van der Waals surface area contributed by atoms with Gasteiger partial charge in [0, 0.05) is 11.4 Å². The van der Waals surface area contributed by atoms with Crippen LogP contribution in [0.5, 0.6) is 0 Å². The average molecular weight is 579 g/mol. The van der Waals surface area contributed by atoms with Gasteiger partial charge in [0.2, 0.25) is 0 Å². The minimum atomic E-state index is 0.0566. The van der Waals surface area contributed by atoms with Crippen molar-refractivity contribution in [2.45, 2.75) is 113 Å². The number of hydrogen-bond acceptors (Lipinski definition) is 0. The van der Waals surface area contributed by atoms with Crippen LogP contribution in [-0.4, -0.2) is 18.0 Å². The van der Waals surface area contributed by atoms with Crippen molar-refractivity contribution < 1.29 is 0 Å². The third-order valence-electron chi connectivity index (χ3n) is 10.6. The lowest BCUT2D eigenvalue weighted by atomic mass is 10.0. The van der Waals surface area contributed by atoms with E-state index in [0.717, 1.165) is 51.4 Å². The molecule has 0 saturated carbocycles. The fourth-order valence-electron chi connectivity index (χ4n) is 8.94. The molecule has 1 atom stereocenters. The van der Waals surface area contributed by atoms with E-state index < -0.39 is 0 Å². The number of aromatic nitrogens is 4. The molecule has 7 rings (SSSR count). The Hall–Kier alpha value is -2.97. The predicted octanol–water partition coefficient (Wildman–Crippen LogP) is 4.84. The molecular formula is C37H47N4P. The fourth-order valence-corrected chi connectivity index (χ4v) is 9.40. The van der Waals surface area contributed by atoms with Crippen molar-refractivity contribution >= 4 is 33.7 Å². The van der Waals surface area contributed by atoms with Crippen molar-refractivity contribution in [2.75, 3.05) is 0 Å². The topological polar surface area (TPSA) is 19.7 Å². The van der Waals surface area contributed by atoms with Gasteiger partial charge in [-0.25, -0.2) is 0 Å². The van der Waals surface area contributed by atoms with Crippen molar-refractivity contribution in [1.82, 2.24) is 18.0 Å². The van der Waals surface area contributed by atoms with E-state index in [1.165, 1.54) is 88.7 Å². The molecule has 5 heteroatoms. The van der Waals surface area contributed by atoms with E-state index >= 15 is 0 Å². The summed E-state index contributed by atoms with van der Waals surface area (Å²) in [6.45, 7) is 18.8. The van der Waals surface area contributed by atoms with Crippen LogP contribution in [-0.2, 0) is 51.4 Å². The zero-order valence-electron chi connectivity index (χ0n) is 26.9. The van der Waals surface area contributed by atoms with Crippen LogP contribution in [0.1, 0.15) is 129 Å². The molecular weight excluding hydrogens is 531 g/mol. The highest BCUT2D eigenvalue weighted by Gasteiger charge is 2.36. The van der Waals surface area contributed by atoms with E-state index in [-0.39, 0.29) is 6.29 Å². The van der Waals surface area contributed by atoms with Crippen LogP contribution in [0.4, 0.5) is 0 Å². The van der Waals surface area contributed by atoms with E-state index in [0.29, 0.717) is 0 Å². The van der Waals surface area contributed by atoms with Gasteiger partial charge >= 0.3 is 0 Å². The summed E-state index contributed by atoms with van der Waals surface area (Å²) in [6.07, 6.45) is 18.6. The standard InChI is InChI=1S/C37H47N4P/c1-9-21-22(10-2)30-18-32-24(12-4)26(14-6)34-20-36-28(16-8)27(15-7)35(41(36)42)19-33-25(13-5)23(11-3)31-17-29(21)38(30)37(39(31)33)40(32)34/h17-20,37H,9-16,42H2,1-8H3/b33-19-,34-20-,35-19?,36-20?. The van der Waals surface area contributed by atoms with Crippen molar-refractivity contribution in [1.29, 1.82) is 0 Å². The largest absolute Gasteiger partial charge is 0.325 e. The Balaban J connectivity index is 1.84. The highest BCUT2D eigenvalue weighted by molar-refractivity contribution is 7.14. The second-order valence-electron chi connectivity index (χ2n) is 12.1. The molecule has 4 nitrogen and oxygen atoms in total. The van der Waals surface area contributed by atoms with E-state index in [2.05, 4.69) is 107 Å². The second kappa shape index (κ2) is 10.1. The van der Waals surface area contributed by atoms with Crippen LogP contribution < -0.4 is 21.4 Å². The summed E-state index contributed by atoms with van der Waals surface area (Å²) < 4.78 is 10.6. The van der Waals surface area contributed by atoms with Crippen LogP contribution in [0.2, 0.25) is 0 Å². The summed E-state index contributed by atoms with van der Waals surface area (Å²) >= 11 is 0. The smallest absolute Gasteiger partial charge is 0.194 e. The minimum Gasteiger partial charge on any atom is -0.325 e. The Morgan fingerprint density at radius 1 is 0.405 bits per heavy atom. The first kappa shape index (κ1) is 27.8. The van der Waals surface area contributed by atoms with E-state index in [4.69, 9.17) is 0 Å². The number of nitrogens with zero attached hydrogens (tertiary/aromatic N) is 4. The predicted molar refractivity (Wildman–Crippen MR) is 180 cm³/mol. The second-order valence-corrected chi connectivity index (χ2v) is 12.7. The number of fused-ring (bicyclic) bond motifs is 2. The zero-order chi connectivity index (χ0) is 29.6. The number of hydrogen-bond donors (Lipinski definition) is 0. The quantitative estimate of drug-likeness (QED) is 0.230. The number of rotatable bonds is 8. The van der Waals surface area contributed by atoms with Crippen molar-refractivity contribution in [3.63, 3.8) is 0 Å². The Bertz CT molecular complexity index is 1890. The van der Waals surface area contributed by atoms with Gasteiger partial charge in [-0.15, -0.1) is 0 Å². The van der Waals surface area contributed by atoms with Gasteiger partial charge in [-0.3, -0.25) is 0 Å². The molecule has 42 heavy (non-hydrogen) atoms. The average Bonchev–Trinajstić information content (AvgIpc) is 3.67. The molecule has 2 bridgehead atoms. The molecule has 0 N–H and O–H groups in total. The monoisotopic (exact) mass is 578 g/mol. The molecule has 0 radical (unpaired) electrons.